The van der Waals surface area contributed by atoms with Gasteiger partial charge in [0.05, 0.1) is 24.1 Å². The highest BCUT2D eigenvalue weighted by molar-refractivity contribution is 6.21. The van der Waals surface area contributed by atoms with Gasteiger partial charge in [0.2, 0.25) is 5.91 Å². The maximum atomic E-state index is 13.3. The zero-order valence-corrected chi connectivity index (χ0v) is 19.1. The van der Waals surface area contributed by atoms with E-state index >= 15 is 0 Å². The molecule has 0 fully saturated rings. The molecule has 10 heteroatoms. The Morgan fingerprint density at radius 1 is 0.971 bits per heavy atom. The Kier molecular flexibility index (Phi) is 7.00. The number of benzene rings is 2. The molecule has 0 bridgehead atoms. The molecular formula is C24H26N4O6. The van der Waals surface area contributed by atoms with Crippen LogP contribution in [0.5, 0.6) is 0 Å². The van der Waals surface area contributed by atoms with E-state index < -0.39 is 47.8 Å². The number of rotatable bonds is 7. The monoisotopic (exact) mass is 466 g/mol. The van der Waals surface area contributed by atoms with E-state index in [1.807, 2.05) is 0 Å². The molecule has 0 saturated carbocycles. The molecule has 1 aliphatic heterocycles. The number of nitrogens with one attached hydrogen (secondary N) is 1. The van der Waals surface area contributed by atoms with Crippen molar-refractivity contribution in [2.45, 2.75) is 45.4 Å². The number of hydrazine groups is 1. The van der Waals surface area contributed by atoms with Gasteiger partial charge in [-0.1, -0.05) is 42.5 Å². The summed E-state index contributed by atoms with van der Waals surface area (Å²) in [6.07, 6.45) is -0.526. The number of amides is 5. The average molecular weight is 466 g/mol. The Balaban J connectivity index is 1.93. The number of carbonyl (C=O) groups is 5. The molecule has 1 heterocycles. The van der Waals surface area contributed by atoms with E-state index in [1.165, 1.54) is 12.1 Å². The van der Waals surface area contributed by atoms with Crippen LogP contribution >= 0.6 is 0 Å². The van der Waals surface area contributed by atoms with Crippen LogP contribution in [0.1, 0.15) is 53.5 Å². The van der Waals surface area contributed by atoms with E-state index in [2.05, 4.69) is 5.32 Å². The maximum Gasteiger partial charge on any atom is 0.337 e. The van der Waals surface area contributed by atoms with E-state index in [4.69, 9.17) is 10.5 Å². The summed E-state index contributed by atoms with van der Waals surface area (Å²) >= 11 is 0. The summed E-state index contributed by atoms with van der Waals surface area (Å²) in [7, 11) is 0. The van der Waals surface area contributed by atoms with Gasteiger partial charge in [-0.3, -0.25) is 14.4 Å². The first-order valence-corrected chi connectivity index (χ1v) is 10.6. The molecule has 5 amide bonds. The molecule has 10 nitrogen and oxygen atoms in total. The van der Waals surface area contributed by atoms with Gasteiger partial charge in [0, 0.05) is 0 Å². The summed E-state index contributed by atoms with van der Waals surface area (Å²) in [5.41, 5.74) is 5.31. The van der Waals surface area contributed by atoms with Crippen LogP contribution in [-0.2, 0) is 20.9 Å². The fourth-order valence-electron chi connectivity index (χ4n) is 3.38. The van der Waals surface area contributed by atoms with E-state index in [0.717, 1.165) is 10.0 Å². The largest absolute Gasteiger partial charge is 0.458 e. The van der Waals surface area contributed by atoms with Crippen LogP contribution in [-0.4, -0.2) is 51.4 Å². The molecule has 0 radical (unpaired) electrons. The predicted octanol–water partition coefficient (Wildman–Crippen LogP) is 2.00. The summed E-state index contributed by atoms with van der Waals surface area (Å²) in [6.45, 7) is 4.74. The second kappa shape index (κ2) is 9.74. The Labute approximate surface area is 196 Å². The van der Waals surface area contributed by atoms with Crippen LogP contribution in [0.15, 0.2) is 54.6 Å². The van der Waals surface area contributed by atoms with Gasteiger partial charge in [-0.2, -0.15) is 5.01 Å². The fourth-order valence-corrected chi connectivity index (χ4v) is 3.38. The van der Waals surface area contributed by atoms with E-state index in [9.17, 15) is 24.0 Å². The average Bonchev–Trinajstić information content (AvgIpc) is 3.01. The Bertz CT molecular complexity index is 1090. The van der Waals surface area contributed by atoms with Crippen molar-refractivity contribution in [2.24, 2.45) is 5.73 Å². The standard InChI is InChI=1S/C24H26N4O6/c1-24(2,3)34-22(32)18(13-19(25)29)26-23(33)27(14-15-9-5-4-6-10-15)28-20(30)16-11-7-8-12-17(16)21(28)31/h4-12,18H,13-14H2,1-3H3,(H2,25,29)(H,26,33)/t18-/m0/s1. The van der Waals surface area contributed by atoms with Crippen molar-refractivity contribution in [3.8, 4) is 0 Å². The first kappa shape index (κ1) is 24.4. The molecule has 0 unspecified atom stereocenters. The van der Waals surface area contributed by atoms with Crippen molar-refractivity contribution in [3.05, 3.63) is 71.3 Å². The SMILES string of the molecule is CC(C)(C)OC(=O)[C@H](CC(N)=O)NC(=O)N(Cc1ccccc1)N1C(=O)c2ccccc2C1=O. The molecule has 2 aromatic carbocycles. The van der Waals surface area contributed by atoms with Gasteiger partial charge in [-0.25, -0.2) is 14.6 Å². The molecule has 0 aromatic heterocycles. The van der Waals surface area contributed by atoms with Crippen LogP contribution < -0.4 is 11.1 Å². The Hall–Kier alpha value is -4.21. The molecule has 1 atom stereocenters. The molecule has 34 heavy (non-hydrogen) atoms. The molecule has 1 aliphatic rings. The number of urea groups is 1. The van der Waals surface area contributed by atoms with Gasteiger partial charge >= 0.3 is 12.0 Å². The lowest BCUT2D eigenvalue weighted by molar-refractivity contribution is -0.158. The van der Waals surface area contributed by atoms with Gasteiger partial charge in [0.15, 0.2) is 0 Å². The smallest absolute Gasteiger partial charge is 0.337 e. The van der Waals surface area contributed by atoms with Crippen LogP contribution in [0.3, 0.4) is 0 Å². The van der Waals surface area contributed by atoms with Crippen LogP contribution in [0.2, 0.25) is 0 Å². The van der Waals surface area contributed by atoms with Crippen LogP contribution in [0, 0.1) is 0 Å². The van der Waals surface area contributed by atoms with Gasteiger partial charge in [0.1, 0.15) is 11.6 Å². The number of esters is 1. The maximum absolute atomic E-state index is 13.3. The van der Waals surface area contributed by atoms with Crippen LogP contribution in [0.25, 0.3) is 0 Å². The zero-order valence-electron chi connectivity index (χ0n) is 19.1. The molecule has 3 N–H and O–H groups in total. The minimum atomic E-state index is -1.42. The predicted molar refractivity (Wildman–Crippen MR) is 121 cm³/mol. The second-order valence-electron chi connectivity index (χ2n) is 8.72. The number of fused-ring (bicyclic) bond motifs is 1. The van der Waals surface area contributed by atoms with Crippen LogP contribution in [0.4, 0.5) is 4.79 Å². The number of ether oxygens (including phenoxy) is 1. The van der Waals surface area contributed by atoms with Crippen molar-refractivity contribution in [1.29, 1.82) is 0 Å². The highest BCUT2D eigenvalue weighted by Gasteiger charge is 2.42. The van der Waals surface area contributed by atoms with E-state index in [-0.39, 0.29) is 17.7 Å². The topological polar surface area (TPSA) is 139 Å². The molecule has 3 rings (SSSR count). The van der Waals surface area contributed by atoms with Gasteiger partial charge < -0.3 is 15.8 Å². The third-order valence-corrected chi connectivity index (χ3v) is 4.82. The molecule has 0 spiro atoms. The highest BCUT2D eigenvalue weighted by Crippen LogP contribution is 2.25. The van der Waals surface area contributed by atoms with Gasteiger partial charge in [0.25, 0.3) is 11.8 Å². The van der Waals surface area contributed by atoms with Crippen molar-refractivity contribution >= 4 is 29.7 Å². The Morgan fingerprint density at radius 2 is 1.50 bits per heavy atom. The lowest BCUT2D eigenvalue weighted by atomic mass is 10.1. The second-order valence-corrected chi connectivity index (χ2v) is 8.72. The zero-order chi connectivity index (χ0) is 25.0. The molecule has 2 aromatic rings. The Morgan fingerprint density at radius 3 is 2.00 bits per heavy atom. The number of nitrogens with zero attached hydrogens (tertiary/aromatic N) is 2. The minimum absolute atomic E-state index is 0.152. The third-order valence-electron chi connectivity index (χ3n) is 4.82. The highest BCUT2D eigenvalue weighted by atomic mass is 16.6. The summed E-state index contributed by atoms with van der Waals surface area (Å²) in [6, 6.07) is 12.5. The first-order chi connectivity index (χ1) is 16.0. The fraction of sp³-hybridized carbons (Fsp3) is 0.292. The molecule has 178 valence electrons. The van der Waals surface area contributed by atoms with Crippen molar-refractivity contribution in [3.63, 3.8) is 0 Å². The lowest BCUT2D eigenvalue weighted by Crippen LogP contribution is -2.56. The molecule has 0 aliphatic carbocycles. The number of imide groups is 1. The number of hydrogen-bond acceptors (Lipinski definition) is 6. The van der Waals surface area contributed by atoms with Crippen molar-refractivity contribution in [2.75, 3.05) is 0 Å². The third kappa shape index (κ3) is 5.58. The number of carbonyl (C=O) groups excluding carboxylic acids is 5. The first-order valence-electron chi connectivity index (χ1n) is 10.6. The van der Waals surface area contributed by atoms with Gasteiger partial charge in [-0.05, 0) is 38.5 Å². The lowest BCUT2D eigenvalue weighted by Gasteiger charge is -2.32. The molecular weight excluding hydrogens is 440 g/mol. The summed E-state index contributed by atoms with van der Waals surface area (Å²) < 4.78 is 5.29. The number of primary amides is 1. The number of nitrogens with two attached hydrogens (primary N) is 1. The minimum Gasteiger partial charge on any atom is -0.458 e. The van der Waals surface area contributed by atoms with Gasteiger partial charge in [-0.15, -0.1) is 0 Å². The molecule has 0 saturated heterocycles. The summed E-state index contributed by atoms with van der Waals surface area (Å²) in [5, 5.41) is 4.03. The van der Waals surface area contributed by atoms with Crippen molar-refractivity contribution in [1.82, 2.24) is 15.3 Å². The quantitative estimate of drug-likeness (QED) is 0.473. The summed E-state index contributed by atoms with van der Waals surface area (Å²) in [5.74, 6) is -3.08. The normalized spacial score (nSPS) is 13.8. The number of hydrogen-bond donors (Lipinski definition) is 2. The summed E-state index contributed by atoms with van der Waals surface area (Å²) in [4.78, 5) is 63.6. The van der Waals surface area contributed by atoms with Crippen molar-refractivity contribution < 1.29 is 28.7 Å². The van der Waals surface area contributed by atoms with E-state index in [0.29, 0.717) is 5.56 Å². The van der Waals surface area contributed by atoms with E-state index in [1.54, 1.807) is 63.2 Å².